The summed E-state index contributed by atoms with van der Waals surface area (Å²) in [5, 5.41) is 22.5. The number of fused-ring (bicyclic) bond motifs is 2. The van der Waals surface area contributed by atoms with E-state index in [2.05, 4.69) is 0 Å². The first-order chi connectivity index (χ1) is 22.7. The zero-order chi connectivity index (χ0) is 33.1. The van der Waals surface area contributed by atoms with E-state index < -0.39 is 17.4 Å². The van der Waals surface area contributed by atoms with Gasteiger partial charge in [0.25, 0.3) is 5.91 Å². The fraction of sp³-hybridized carbons (Fsp3) is 0.395. The number of amides is 3. The maximum atomic E-state index is 14.1. The highest BCUT2D eigenvalue weighted by Gasteiger charge is 2.52. The van der Waals surface area contributed by atoms with Crippen molar-refractivity contribution in [1.29, 1.82) is 0 Å². The molecule has 6 rings (SSSR count). The molecule has 0 aliphatic carbocycles. The van der Waals surface area contributed by atoms with Crippen LogP contribution in [-0.4, -0.2) is 52.0 Å². The molecule has 0 radical (unpaired) electrons. The summed E-state index contributed by atoms with van der Waals surface area (Å²) in [4.78, 5) is 45.5. The second-order valence-corrected chi connectivity index (χ2v) is 13.4. The molecule has 3 atom stereocenters. The Morgan fingerprint density at radius 1 is 1.02 bits per heavy atom. The van der Waals surface area contributed by atoms with Gasteiger partial charge in [-0.15, -0.1) is 0 Å². The third-order valence-corrected chi connectivity index (χ3v) is 10.1. The molecule has 8 nitrogen and oxygen atoms in total. The van der Waals surface area contributed by atoms with Crippen LogP contribution >= 0.6 is 11.6 Å². The number of carbonyl (C=O) groups is 3. The summed E-state index contributed by atoms with van der Waals surface area (Å²) in [5.41, 5.74) is 2.96. The summed E-state index contributed by atoms with van der Waals surface area (Å²) < 4.78 is 0. The van der Waals surface area contributed by atoms with Crippen LogP contribution in [0.4, 0.5) is 11.4 Å². The Kier molecular flexibility index (Phi) is 9.82. The van der Waals surface area contributed by atoms with E-state index in [0.717, 1.165) is 48.1 Å². The summed E-state index contributed by atoms with van der Waals surface area (Å²) in [6.45, 7) is 2.94. The van der Waals surface area contributed by atoms with Crippen LogP contribution in [-0.2, 0) is 39.5 Å². The van der Waals surface area contributed by atoms with Gasteiger partial charge in [0.1, 0.15) is 0 Å². The molecule has 246 valence electrons. The van der Waals surface area contributed by atoms with E-state index in [-0.39, 0.29) is 37.4 Å². The third kappa shape index (κ3) is 6.59. The number of aliphatic hydroxyl groups excluding tert-OH is 1. The summed E-state index contributed by atoms with van der Waals surface area (Å²) in [6.07, 6.45) is 8.62. The lowest BCUT2D eigenvalue weighted by Crippen LogP contribution is -2.46. The van der Waals surface area contributed by atoms with Crippen molar-refractivity contribution in [3.8, 4) is 0 Å². The maximum absolute atomic E-state index is 14.1. The zero-order valence-corrected chi connectivity index (χ0v) is 27.5. The quantitative estimate of drug-likeness (QED) is 0.295. The van der Waals surface area contributed by atoms with Crippen LogP contribution in [0, 0.1) is 5.92 Å². The predicted octanol–water partition coefficient (Wildman–Crippen LogP) is 5.90. The summed E-state index contributed by atoms with van der Waals surface area (Å²) in [6, 6.07) is 20.4. The Labute approximate surface area is 281 Å². The van der Waals surface area contributed by atoms with E-state index in [0.29, 0.717) is 42.2 Å². The molecule has 2 N–H and O–H groups in total. The largest absolute Gasteiger partial charge is 0.394 e. The normalized spacial score (nSPS) is 22.2. The molecule has 1 fully saturated rings. The molecule has 3 aliphatic rings. The number of hydrogen-bond acceptors (Lipinski definition) is 5. The van der Waals surface area contributed by atoms with Crippen LogP contribution < -0.4 is 9.80 Å². The van der Waals surface area contributed by atoms with Crippen molar-refractivity contribution in [1.82, 2.24) is 4.90 Å². The molecule has 1 saturated heterocycles. The molecule has 47 heavy (non-hydrogen) atoms. The second kappa shape index (κ2) is 14.0. The van der Waals surface area contributed by atoms with Crippen LogP contribution in [0.15, 0.2) is 78.9 Å². The molecule has 0 unspecified atom stereocenters. The highest BCUT2D eigenvalue weighted by molar-refractivity contribution is 6.31. The number of nitrogens with zero attached hydrogens (tertiary/aromatic N) is 3. The number of benzene rings is 3. The van der Waals surface area contributed by atoms with E-state index in [9.17, 15) is 24.6 Å². The van der Waals surface area contributed by atoms with E-state index >= 15 is 0 Å². The summed E-state index contributed by atoms with van der Waals surface area (Å²) >= 11 is 6.38. The minimum absolute atomic E-state index is 0.0708. The monoisotopic (exact) mass is 655 g/mol. The van der Waals surface area contributed by atoms with E-state index in [4.69, 9.17) is 11.6 Å². The van der Waals surface area contributed by atoms with Gasteiger partial charge in [-0.2, -0.15) is 0 Å². The van der Waals surface area contributed by atoms with Gasteiger partial charge in [-0.1, -0.05) is 79.9 Å². The number of rotatable bonds is 8. The van der Waals surface area contributed by atoms with Gasteiger partial charge in [0, 0.05) is 48.1 Å². The second-order valence-electron chi connectivity index (χ2n) is 13.0. The lowest BCUT2D eigenvalue weighted by molar-refractivity contribution is -0.139. The first kappa shape index (κ1) is 32.9. The summed E-state index contributed by atoms with van der Waals surface area (Å²) in [7, 11) is 0. The zero-order valence-electron chi connectivity index (χ0n) is 26.8. The first-order valence-electron chi connectivity index (χ1n) is 16.6. The molecule has 0 bridgehead atoms. The van der Waals surface area contributed by atoms with Crippen LogP contribution in [0.3, 0.4) is 0 Å². The Morgan fingerprint density at radius 2 is 1.81 bits per heavy atom. The van der Waals surface area contributed by atoms with Gasteiger partial charge in [-0.25, -0.2) is 0 Å². The molecule has 0 aromatic heterocycles. The molecule has 0 saturated carbocycles. The minimum Gasteiger partial charge on any atom is -0.394 e. The van der Waals surface area contributed by atoms with Crippen molar-refractivity contribution in [3.05, 3.63) is 106 Å². The van der Waals surface area contributed by atoms with E-state index in [1.54, 1.807) is 47.1 Å². The van der Waals surface area contributed by atoms with Crippen LogP contribution in [0.2, 0.25) is 5.02 Å². The van der Waals surface area contributed by atoms with Crippen LogP contribution in [0.25, 0.3) is 0 Å². The van der Waals surface area contributed by atoms with Gasteiger partial charge in [0.2, 0.25) is 11.8 Å². The average molecular weight is 656 g/mol. The number of anilines is 2. The van der Waals surface area contributed by atoms with Crippen molar-refractivity contribution >= 4 is 40.7 Å². The number of carbonyl (C=O) groups excluding carboxylic acids is 3. The molecule has 3 aliphatic heterocycles. The molecule has 9 heteroatoms. The van der Waals surface area contributed by atoms with Crippen molar-refractivity contribution in [3.63, 3.8) is 0 Å². The fourth-order valence-corrected chi connectivity index (χ4v) is 7.36. The van der Waals surface area contributed by atoms with Gasteiger partial charge in [0.15, 0.2) is 5.60 Å². The van der Waals surface area contributed by atoms with Crippen molar-refractivity contribution < 1.29 is 24.6 Å². The van der Waals surface area contributed by atoms with Crippen molar-refractivity contribution in [2.75, 3.05) is 23.0 Å². The van der Waals surface area contributed by atoms with Gasteiger partial charge in [0.05, 0.1) is 24.9 Å². The standard InChI is InChI=1S/C38H42ClN3O5/c1-26(10-8-16-36(45)41-24-29-13-6-5-12-28(29)21-32(41)25-43)38(47)33-22-30(39)17-18-34(33)42(37(38)46)23-27-11-9-14-31(20-27)40-19-7-3-2-4-15-35(40)44/h5-6,8-14,17-18,20,22,26,32,43,47H,2-4,7,15-16,19,21,23-25H2,1H3/b10-8+/t26-,32-,38+/m0/s1. The lowest BCUT2D eigenvalue weighted by Gasteiger charge is -2.36. The van der Waals surface area contributed by atoms with Gasteiger partial charge < -0.3 is 24.9 Å². The van der Waals surface area contributed by atoms with Crippen molar-refractivity contribution in [2.24, 2.45) is 5.92 Å². The topological polar surface area (TPSA) is 101 Å². The smallest absolute Gasteiger partial charge is 0.264 e. The van der Waals surface area contributed by atoms with Gasteiger partial charge in [-0.3, -0.25) is 14.4 Å². The van der Waals surface area contributed by atoms with Gasteiger partial charge in [-0.05, 0) is 66.3 Å². The SMILES string of the molecule is C[C@@H](/C=C/CC(=O)N1Cc2ccccc2C[C@H]1CO)[C@]1(O)C(=O)N(Cc2cccc(N3CCCCCCC3=O)c2)c2ccc(Cl)cc21. The van der Waals surface area contributed by atoms with Gasteiger partial charge >= 0.3 is 0 Å². The van der Waals surface area contributed by atoms with Crippen LogP contribution in [0.5, 0.6) is 0 Å². The third-order valence-electron chi connectivity index (χ3n) is 9.88. The lowest BCUT2D eigenvalue weighted by atomic mass is 9.83. The highest BCUT2D eigenvalue weighted by Crippen LogP contribution is 2.47. The number of halogens is 1. The van der Waals surface area contributed by atoms with E-state index in [1.807, 2.05) is 53.4 Å². The molecule has 0 spiro atoms. The predicted molar refractivity (Wildman–Crippen MR) is 183 cm³/mol. The Hall–Kier alpha value is -3.98. The first-order valence-corrected chi connectivity index (χ1v) is 17.0. The molecular weight excluding hydrogens is 614 g/mol. The summed E-state index contributed by atoms with van der Waals surface area (Å²) in [5.74, 6) is -1.16. The Bertz CT molecular complexity index is 1690. The van der Waals surface area contributed by atoms with E-state index in [1.165, 1.54) is 0 Å². The molecule has 3 aromatic rings. The van der Waals surface area contributed by atoms with Crippen molar-refractivity contribution in [2.45, 2.75) is 76.6 Å². The molecule has 3 aromatic carbocycles. The van der Waals surface area contributed by atoms with Crippen LogP contribution in [0.1, 0.15) is 67.7 Å². The molecule has 3 heterocycles. The molecule has 3 amide bonds. The maximum Gasteiger partial charge on any atom is 0.264 e. The highest BCUT2D eigenvalue weighted by atomic mass is 35.5. The Balaban J connectivity index is 1.20. The average Bonchev–Trinajstić information content (AvgIpc) is 3.27. The number of hydrogen-bond donors (Lipinski definition) is 2. The fourth-order valence-electron chi connectivity index (χ4n) is 7.19. The number of aliphatic hydroxyl groups is 2. The Morgan fingerprint density at radius 3 is 2.62 bits per heavy atom. The molecular formula is C38H42ClN3O5. The minimum atomic E-state index is -1.89.